The van der Waals surface area contributed by atoms with Gasteiger partial charge in [0.05, 0.1) is 17.8 Å². The topological polar surface area (TPSA) is 101 Å². The average Bonchev–Trinajstić information content (AvgIpc) is 2.87. The highest BCUT2D eigenvalue weighted by Crippen LogP contribution is 2.23. The van der Waals surface area contributed by atoms with Crippen LogP contribution in [0.1, 0.15) is 26.9 Å². The van der Waals surface area contributed by atoms with Crippen LogP contribution in [0.25, 0.3) is 0 Å². The van der Waals surface area contributed by atoms with Crippen molar-refractivity contribution in [3.8, 4) is 0 Å². The van der Waals surface area contributed by atoms with E-state index in [4.69, 9.17) is 5.11 Å². The lowest BCUT2D eigenvalue weighted by molar-refractivity contribution is 0.0491. The van der Waals surface area contributed by atoms with Crippen LogP contribution in [0.3, 0.4) is 0 Å². The van der Waals surface area contributed by atoms with Crippen LogP contribution in [0.4, 0.5) is 4.39 Å². The monoisotopic (exact) mass is 291 g/mol. The van der Waals surface area contributed by atoms with Gasteiger partial charge in [-0.05, 0) is 12.1 Å². The number of amides is 1. The molecule has 0 saturated carbocycles. The van der Waals surface area contributed by atoms with E-state index < -0.39 is 17.8 Å². The Morgan fingerprint density at radius 3 is 2.76 bits per heavy atom. The first-order valence-electron chi connectivity index (χ1n) is 6.11. The second kappa shape index (κ2) is 4.93. The van der Waals surface area contributed by atoms with Gasteiger partial charge in [0.2, 0.25) is 5.95 Å². The van der Waals surface area contributed by atoms with Gasteiger partial charge in [-0.1, -0.05) is 5.21 Å². The van der Waals surface area contributed by atoms with Crippen LogP contribution >= 0.6 is 0 Å². The first-order valence-corrected chi connectivity index (χ1v) is 6.11. The Hall–Kier alpha value is -2.84. The number of rotatable bonds is 3. The Kier molecular flexibility index (Phi) is 3.09. The predicted octanol–water partition coefficient (Wildman–Crippen LogP) is 0.208. The minimum absolute atomic E-state index is 0.0826. The lowest BCUT2D eigenvalue weighted by Crippen LogP contribution is -2.51. The molecule has 8 nitrogen and oxygen atoms in total. The summed E-state index contributed by atoms with van der Waals surface area (Å²) in [6.45, 7) is 0.630. The average molecular weight is 291 g/mol. The van der Waals surface area contributed by atoms with Gasteiger partial charge in [-0.15, -0.1) is 5.10 Å². The summed E-state index contributed by atoms with van der Waals surface area (Å²) in [5, 5.41) is 16.0. The number of carboxylic acids is 1. The Bertz CT molecular complexity index is 710. The summed E-state index contributed by atoms with van der Waals surface area (Å²) < 4.78 is 14.8. The van der Waals surface area contributed by atoms with E-state index in [9.17, 15) is 14.0 Å². The number of hydrogen-bond acceptors (Lipinski definition) is 5. The van der Waals surface area contributed by atoms with Gasteiger partial charge in [0.1, 0.15) is 0 Å². The molecule has 2 aromatic rings. The lowest BCUT2D eigenvalue weighted by atomic mass is 10.1. The van der Waals surface area contributed by atoms with E-state index in [1.165, 1.54) is 34.1 Å². The Morgan fingerprint density at radius 2 is 2.14 bits per heavy atom. The van der Waals surface area contributed by atoms with Gasteiger partial charge in [0, 0.05) is 19.3 Å². The van der Waals surface area contributed by atoms with E-state index in [0.29, 0.717) is 13.1 Å². The molecule has 0 bridgehead atoms. The molecule has 1 amide bonds. The molecule has 1 aliphatic rings. The summed E-state index contributed by atoms with van der Waals surface area (Å²) in [6, 6.07) is 2.70. The molecular formula is C12H10FN5O3. The summed E-state index contributed by atoms with van der Waals surface area (Å²) in [6.07, 6.45) is 2.58. The number of halogens is 1. The highest BCUT2D eigenvalue weighted by Gasteiger charge is 2.34. The minimum atomic E-state index is -1.16. The van der Waals surface area contributed by atoms with Crippen LogP contribution in [0.5, 0.6) is 0 Å². The lowest BCUT2D eigenvalue weighted by Gasteiger charge is -2.38. The van der Waals surface area contributed by atoms with Gasteiger partial charge < -0.3 is 10.0 Å². The molecule has 1 fully saturated rings. The van der Waals surface area contributed by atoms with E-state index in [-0.39, 0.29) is 17.3 Å². The highest BCUT2D eigenvalue weighted by molar-refractivity contribution is 5.94. The summed E-state index contributed by atoms with van der Waals surface area (Å²) in [5.41, 5.74) is -0.237. The molecule has 3 rings (SSSR count). The predicted molar refractivity (Wildman–Crippen MR) is 66.1 cm³/mol. The molecule has 9 heteroatoms. The third-order valence-corrected chi connectivity index (χ3v) is 3.24. The quantitative estimate of drug-likeness (QED) is 0.811. The van der Waals surface area contributed by atoms with Gasteiger partial charge in [0.25, 0.3) is 5.91 Å². The molecule has 1 N–H and O–H groups in total. The molecule has 0 spiro atoms. The molecule has 2 aromatic heterocycles. The van der Waals surface area contributed by atoms with Crippen LogP contribution in [-0.2, 0) is 0 Å². The number of carbonyl (C=O) groups excluding carboxylic acids is 1. The molecule has 0 radical (unpaired) electrons. The first-order chi connectivity index (χ1) is 10.1. The summed E-state index contributed by atoms with van der Waals surface area (Å²) in [4.78, 5) is 27.6. The van der Waals surface area contributed by atoms with E-state index >= 15 is 0 Å². The normalized spacial score (nSPS) is 14.8. The second-order valence-corrected chi connectivity index (χ2v) is 4.59. The van der Waals surface area contributed by atoms with E-state index in [1.807, 2.05) is 0 Å². The standard InChI is InChI=1S/C12H10FN5O3/c13-10-8(2-1-3-14-10)11(19)17-4-7(5-17)18-6-9(12(20)21)15-16-18/h1-3,6-7H,4-5H2,(H,20,21). The molecule has 3 heterocycles. The third kappa shape index (κ3) is 2.33. The highest BCUT2D eigenvalue weighted by atomic mass is 19.1. The minimum Gasteiger partial charge on any atom is -0.476 e. The molecule has 0 aliphatic carbocycles. The smallest absolute Gasteiger partial charge is 0.358 e. The first kappa shape index (κ1) is 13.2. The molecule has 1 aliphatic heterocycles. The Balaban J connectivity index is 1.66. The zero-order chi connectivity index (χ0) is 15.0. The maximum absolute atomic E-state index is 13.4. The Morgan fingerprint density at radius 1 is 1.38 bits per heavy atom. The maximum atomic E-state index is 13.4. The summed E-state index contributed by atoms with van der Waals surface area (Å²) in [5.74, 6) is -2.42. The molecule has 0 atom stereocenters. The third-order valence-electron chi connectivity index (χ3n) is 3.24. The van der Waals surface area contributed by atoms with Crippen molar-refractivity contribution in [3.63, 3.8) is 0 Å². The van der Waals surface area contributed by atoms with Gasteiger partial charge in [-0.25, -0.2) is 14.5 Å². The van der Waals surface area contributed by atoms with Gasteiger partial charge in [-0.2, -0.15) is 4.39 Å². The van der Waals surface area contributed by atoms with Gasteiger partial charge in [-0.3, -0.25) is 4.79 Å². The molecule has 0 aromatic carbocycles. The molecule has 21 heavy (non-hydrogen) atoms. The van der Waals surface area contributed by atoms with Crippen LogP contribution in [0.15, 0.2) is 24.5 Å². The van der Waals surface area contributed by atoms with Crippen molar-refractivity contribution in [2.75, 3.05) is 13.1 Å². The van der Waals surface area contributed by atoms with Crippen molar-refractivity contribution in [3.05, 3.63) is 41.7 Å². The van der Waals surface area contributed by atoms with E-state index in [2.05, 4.69) is 15.3 Å². The molecule has 108 valence electrons. The fourth-order valence-electron chi connectivity index (χ4n) is 2.06. The molecule has 1 saturated heterocycles. The van der Waals surface area contributed by atoms with E-state index in [0.717, 1.165) is 0 Å². The Labute approximate surface area is 117 Å². The number of carbonyl (C=O) groups is 2. The van der Waals surface area contributed by atoms with Crippen molar-refractivity contribution in [1.29, 1.82) is 0 Å². The number of carboxylic acid groups (broad SMARTS) is 1. The number of nitrogens with zero attached hydrogens (tertiary/aromatic N) is 5. The second-order valence-electron chi connectivity index (χ2n) is 4.59. The van der Waals surface area contributed by atoms with Crippen molar-refractivity contribution in [2.24, 2.45) is 0 Å². The van der Waals surface area contributed by atoms with Crippen LogP contribution in [0.2, 0.25) is 0 Å². The largest absolute Gasteiger partial charge is 0.476 e. The fourth-order valence-corrected chi connectivity index (χ4v) is 2.06. The van der Waals surface area contributed by atoms with Crippen molar-refractivity contribution >= 4 is 11.9 Å². The number of hydrogen-bond donors (Lipinski definition) is 1. The zero-order valence-electron chi connectivity index (χ0n) is 10.7. The fraction of sp³-hybridized carbons (Fsp3) is 0.250. The maximum Gasteiger partial charge on any atom is 0.358 e. The number of pyridine rings is 1. The van der Waals surface area contributed by atoms with Crippen LogP contribution in [0, 0.1) is 5.95 Å². The SMILES string of the molecule is O=C(O)c1cn(C2CN(C(=O)c3cccnc3F)C2)nn1. The van der Waals surface area contributed by atoms with Gasteiger partial charge in [0.15, 0.2) is 5.69 Å². The summed E-state index contributed by atoms with van der Waals surface area (Å²) in [7, 11) is 0. The molecular weight excluding hydrogens is 281 g/mol. The summed E-state index contributed by atoms with van der Waals surface area (Å²) >= 11 is 0. The van der Waals surface area contributed by atoms with E-state index in [1.54, 1.807) is 0 Å². The van der Waals surface area contributed by atoms with Crippen LogP contribution in [-0.4, -0.2) is 55.0 Å². The van der Waals surface area contributed by atoms with Crippen molar-refractivity contribution < 1.29 is 19.1 Å². The van der Waals surface area contributed by atoms with Gasteiger partial charge >= 0.3 is 5.97 Å². The van der Waals surface area contributed by atoms with Crippen molar-refractivity contribution in [1.82, 2.24) is 24.9 Å². The van der Waals surface area contributed by atoms with Crippen LogP contribution < -0.4 is 0 Å². The van der Waals surface area contributed by atoms with Crippen molar-refractivity contribution in [2.45, 2.75) is 6.04 Å². The number of aromatic carboxylic acids is 1. The zero-order valence-corrected chi connectivity index (χ0v) is 10.7. The molecule has 0 unspecified atom stereocenters. The number of likely N-dealkylation sites (tertiary alicyclic amines) is 1. The number of aromatic nitrogens is 4.